The van der Waals surface area contributed by atoms with Crippen LogP contribution in [0.15, 0.2) is 6.07 Å². The molecule has 100 valence electrons. The predicted octanol–water partition coefficient (Wildman–Crippen LogP) is 0.849. The van der Waals surface area contributed by atoms with Crippen molar-refractivity contribution in [3.05, 3.63) is 28.7 Å². The summed E-state index contributed by atoms with van der Waals surface area (Å²) >= 11 is 0. The molecule has 0 atom stereocenters. The molecule has 2 aromatic heterocycles. The highest BCUT2D eigenvalue weighted by Crippen LogP contribution is 2.24. The zero-order valence-corrected chi connectivity index (χ0v) is 11.5. The normalized spacial score (nSPS) is 15.5. The van der Waals surface area contributed by atoms with Gasteiger partial charge >= 0.3 is 0 Å². The molecule has 0 saturated heterocycles. The number of aromatic nitrogens is 4. The lowest BCUT2D eigenvalue weighted by molar-refractivity contribution is 0.312. The second kappa shape index (κ2) is 4.31. The van der Waals surface area contributed by atoms with Crippen molar-refractivity contribution in [2.24, 2.45) is 0 Å². The number of nitrogen functional groups attached to an aromatic ring is 1. The van der Waals surface area contributed by atoms with Gasteiger partial charge in [0.25, 0.3) is 5.95 Å². The fourth-order valence-electron chi connectivity index (χ4n) is 2.48. The lowest BCUT2D eigenvalue weighted by Crippen LogP contribution is -2.26. The molecule has 0 spiro atoms. The molecule has 6 heteroatoms. The summed E-state index contributed by atoms with van der Waals surface area (Å²) in [5, 5.41) is 4.58. The summed E-state index contributed by atoms with van der Waals surface area (Å²) < 4.78 is 1.67. The fourth-order valence-corrected chi connectivity index (χ4v) is 2.48. The van der Waals surface area contributed by atoms with Gasteiger partial charge in [-0.1, -0.05) is 0 Å². The first-order chi connectivity index (χ1) is 9.04. The van der Waals surface area contributed by atoms with Gasteiger partial charge in [0, 0.05) is 36.5 Å². The first-order valence-electron chi connectivity index (χ1n) is 6.42. The van der Waals surface area contributed by atoms with E-state index < -0.39 is 0 Å². The number of aryl methyl sites for hydroxylation is 2. The smallest absolute Gasteiger partial charge is 0.252 e. The Kier molecular flexibility index (Phi) is 2.74. The quantitative estimate of drug-likeness (QED) is 0.821. The Morgan fingerprint density at radius 1 is 1.21 bits per heavy atom. The Labute approximate surface area is 112 Å². The van der Waals surface area contributed by atoms with Crippen LogP contribution in [-0.4, -0.2) is 38.2 Å². The average molecular weight is 258 g/mol. The zero-order chi connectivity index (χ0) is 13.6. The highest BCUT2D eigenvalue weighted by atomic mass is 15.4. The maximum Gasteiger partial charge on any atom is 0.252 e. The van der Waals surface area contributed by atoms with Gasteiger partial charge in [0.1, 0.15) is 5.82 Å². The van der Waals surface area contributed by atoms with Crippen molar-refractivity contribution in [3.8, 4) is 5.95 Å². The third-order valence-corrected chi connectivity index (χ3v) is 3.42. The van der Waals surface area contributed by atoms with E-state index in [-0.39, 0.29) is 0 Å². The molecule has 0 bridgehead atoms. The Bertz CT molecular complexity index is 610. The third kappa shape index (κ3) is 2.08. The molecular weight excluding hydrogens is 240 g/mol. The van der Waals surface area contributed by atoms with E-state index in [2.05, 4.69) is 27.0 Å². The lowest BCUT2D eigenvalue weighted by Gasteiger charge is -2.21. The number of hydrogen-bond donors (Lipinski definition) is 1. The summed E-state index contributed by atoms with van der Waals surface area (Å²) in [6.45, 7) is 5.75. The molecule has 0 radical (unpaired) electrons. The van der Waals surface area contributed by atoms with E-state index in [1.807, 2.05) is 19.9 Å². The minimum Gasteiger partial charge on any atom is -0.383 e. The Morgan fingerprint density at radius 2 is 1.89 bits per heavy atom. The van der Waals surface area contributed by atoms with Crippen molar-refractivity contribution in [2.75, 3.05) is 19.3 Å². The first kappa shape index (κ1) is 12.1. The van der Waals surface area contributed by atoms with E-state index in [1.165, 1.54) is 0 Å². The van der Waals surface area contributed by atoms with Gasteiger partial charge in [-0.3, -0.25) is 0 Å². The molecule has 0 aliphatic carbocycles. The molecule has 0 amide bonds. The van der Waals surface area contributed by atoms with Crippen molar-refractivity contribution >= 4 is 5.82 Å². The Hall–Kier alpha value is -1.95. The van der Waals surface area contributed by atoms with Crippen molar-refractivity contribution in [3.63, 3.8) is 0 Å². The van der Waals surface area contributed by atoms with E-state index in [9.17, 15) is 0 Å². The number of fused-ring (bicyclic) bond motifs is 1. The van der Waals surface area contributed by atoms with Crippen molar-refractivity contribution in [1.82, 2.24) is 24.6 Å². The van der Waals surface area contributed by atoms with Crippen LogP contribution in [0.2, 0.25) is 0 Å². The number of nitrogens with zero attached hydrogens (tertiary/aromatic N) is 5. The van der Waals surface area contributed by atoms with E-state index >= 15 is 0 Å². The van der Waals surface area contributed by atoms with Crippen LogP contribution in [0.1, 0.15) is 22.6 Å². The summed E-state index contributed by atoms with van der Waals surface area (Å²) in [6.07, 6.45) is 0.924. The maximum absolute atomic E-state index is 6.21. The molecule has 0 aromatic carbocycles. The second-order valence-electron chi connectivity index (χ2n) is 5.16. The monoisotopic (exact) mass is 258 g/mol. The predicted molar refractivity (Wildman–Crippen MR) is 73.1 cm³/mol. The van der Waals surface area contributed by atoms with Gasteiger partial charge in [0.2, 0.25) is 0 Å². The van der Waals surface area contributed by atoms with E-state index in [1.54, 1.807) is 4.68 Å². The van der Waals surface area contributed by atoms with Gasteiger partial charge in [0.05, 0.1) is 5.69 Å². The first-order valence-corrected chi connectivity index (χ1v) is 6.42. The lowest BCUT2D eigenvalue weighted by atomic mass is 10.1. The number of nitrogens with two attached hydrogens (primary N) is 1. The van der Waals surface area contributed by atoms with Crippen LogP contribution < -0.4 is 5.73 Å². The molecule has 2 aromatic rings. The molecule has 3 rings (SSSR count). The van der Waals surface area contributed by atoms with Crippen LogP contribution >= 0.6 is 0 Å². The topological polar surface area (TPSA) is 72.9 Å². The van der Waals surface area contributed by atoms with Crippen LogP contribution in [-0.2, 0) is 13.0 Å². The fraction of sp³-hybridized carbons (Fsp3) is 0.462. The molecular formula is C13H18N6. The van der Waals surface area contributed by atoms with Crippen LogP contribution in [0, 0.1) is 13.8 Å². The zero-order valence-electron chi connectivity index (χ0n) is 11.5. The molecule has 0 fully saturated rings. The van der Waals surface area contributed by atoms with Gasteiger partial charge in [-0.15, -0.1) is 0 Å². The summed E-state index contributed by atoms with van der Waals surface area (Å²) in [4.78, 5) is 11.1. The minimum atomic E-state index is 0.562. The molecule has 3 heterocycles. The van der Waals surface area contributed by atoms with Gasteiger partial charge in [0.15, 0.2) is 0 Å². The third-order valence-electron chi connectivity index (χ3n) is 3.42. The Balaban J connectivity index is 2.11. The number of hydrogen-bond acceptors (Lipinski definition) is 5. The second-order valence-corrected chi connectivity index (χ2v) is 5.16. The van der Waals surface area contributed by atoms with Crippen LogP contribution in [0.3, 0.4) is 0 Å². The van der Waals surface area contributed by atoms with Crippen molar-refractivity contribution in [1.29, 1.82) is 0 Å². The summed E-state index contributed by atoms with van der Waals surface area (Å²) in [6, 6.07) is 1.94. The maximum atomic E-state index is 6.21. The van der Waals surface area contributed by atoms with Gasteiger partial charge in [-0.2, -0.15) is 9.78 Å². The molecule has 19 heavy (non-hydrogen) atoms. The molecule has 1 aliphatic heterocycles. The number of anilines is 1. The van der Waals surface area contributed by atoms with Crippen LogP contribution in [0.4, 0.5) is 5.82 Å². The summed E-state index contributed by atoms with van der Waals surface area (Å²) in [5.74, 6) is 1.22. The van der Waals surface area contributed by atoms with Crippen LogP contribution in [0.5, 0.6) is 0 Å². The molecule has 0 unspecified atom stereocenters. The molecule has 6 nitrogen and oxygen atoms in total. The largest absolute Gasteiger partial charge is 0.383 e. The van der Waals surface area contributed by atoms with Gasteiger partial charge < -0.3 is 10.6 Å². The standard InChI is InChI=1S/C13H18N6/c1-8-6-9(2)16-13(15-8)19-12(14)10-7-18(3)5-4-11(10)17-19/h6H,4-5,7,14H2,1-3H3. The SMILES string of the molecule is Cc1cc(C)nc(-n2nc3c(c2N)CN(C)CC3)n1. The number of likely N-dealkylation sites (N-methyl/N-ethyl adjacent to an activating group) is 1. The molecule has 1 aliphatic rings. The highest BCUT2D eigenvalue weighted by Gasteiger charge is 2.23. The van der Waals surface area contributed by atoms with Crippen molar-refractivity contribution in [2.45, 2.75) is 26.8 Å². The Morgan fingerprint density at radius 3 is 2.58 bits per heavy atom. The molecule has 0 saturated carbocycles. The van der Waals surface area contributed by atoms with E-state index in [0.717, 1.165) is 42.2 Å². The molecule has 2 N–H and O–H groups in total. The van der Waals surface area contributed by atoms with Crippen LogP contribution in [0.25, 0.3) is 5.95 Å². The minimum absolute atomic E-state index is 0.562. The van der Waals surface area contributed by atoms with Crippen molar-refractivity contribution < 1.29 is 0 Å². The van der Waals surface area contributed by atoms with Gasteiger partial charge in [-0.25, -0.2) is 9.97 Å². The summed E-state index contributed by atoms with van der Waals surface area (Å²) in [5.41, 5.74) is 10.2. The highest BCUT2D eigenvalue weighted by molar-refractivity contribution is 5.48. The van der Waals surface area contributed by atoms with E-state index in [0.29, 0.717) is 11.8 Å². The summed E-state index contributed by atoms with van der Waals surface area (Å²) in [7, 11) is 2.09. The number of rotatable bonds is 1. The van der Waals surface area contributed by atoms with E-state index in [4.69, 9.17) is 5.73 Å². The van der Waals surface area contributed by atoms with Gasteiger partial charge in [-0.05, 0) is 27.0 Å². The average Bonchev–Trinajstić information content (AvgIpc) is 2.66.